The van der Waals surface area contributed by atoms with Crippen LogP contribution >= 0.6 is 0 Å². The minimum absolute atomic E-state index is 0.0628. The van der Waals surface area contributed by atoms with Crippen molar-refractivity contribution >= 4 is 0 Å². The van der Waals surface area contributed by atoms with Crippen LogP contribution in [0.3, 0.4) is 0 Å². The standard InChI is InChI=1S/C15H25N3O/c1-19-10-8-17-15(12-16)7-9-18(13-15)11-14-5-3-2-4-6-14/h2-6,17H,7-13,16H2,1H3. The number of hydrogen-bond acceptors (Lipinski definition) is 4. The van der Waals surface area contributed by atoms with Crippen molar-refractivity contribution in [1.82, 2.24) is 10.2 Å². The van der Waals surface area contributed by atoms with Crippen LogP contribution < -0.4 is 11.1 Å². The number of methoxy groups -OCH3 is 1. The molecule has 0 aromatic heterocycles. The summed E-state index contributed by atoms with van der Waals surface area (Å²) in [4.78, 5) is 2.47. The molecule has 1 unspecified atom stereocenters. The number of rotatable bonds is 7. The van der Waals surface area contributed by atoms with Crippen LogP contribution in [0.15, 0.2) is 30.3 Å². The quantitative estimate of drug-likeness (QED) is 0.715. The van der Waals surface area contributed by atoms with E-state index in [1.54, 1.807) is 7.11 Å². The first-order chi connectivity index (χ1) is 9.28. The van der Waals surface area contributed by atoms with Gasteiger partial charge in [-0.25, -0.2) is 0 Å². The lowest BCUT2D eigenvalue weighted by atomic mass is 9.99. The summed E-state index contributed by atoms with van der Waals surface area (Å²) in [5.41, 5.74) is 7.41. The molecule has 1 fully saturated rings. The fourth-order valence-electron chi connectivity index (χ4n) is 2.74. The fraction of sp³-hybridized carbons (Fsp3) is 0.600. The molecule has 1 saturated heterocycles. The Bertz CT molecular complexity index is 371. The van der Waals surface area contributed by atoms with Crippen LogP contribution in [0, 0.1) is 0 Å². The second-order valence-corrected chi connectivity index (χ2v) is 5.35. The summed E-state index contributed by atoms with van der Waals surface area (Å²) in [7, 11) is 1.73. The molecule has 1 aliphatic heterocycles. The first-order valence-electron chi connectivity index (χ1n) is 6.98. The summed E-state index contributed by atoms with van der Waals surface area (Å²) in [5.74, 6) is 0. The zero-order valence-electron chi connectivity index (χ0n) is 11.8. The van der Waals surface area contributed by atoms with Gasteiger partial charge >= 0.3 is 0 Å². The lowest BCUT2D eigenvalue weighted by molar-refractivity contribution is 0.183. The molecule has 4 heteroatoms. The zero-order valence-corrected chi connectivity index (χ0v) is 11.8. The van der Waals surface area contributed by atoms with E-state index < -0.39 is 0 Å². The lowest BCUT2D eigenvalue weighted by Gasteiger charge is -2.29. The molecule has 1 heterocycles. The first-order valence-corrected chi connectivity index (χ1v) is 6.98. The third-order valence-electron chi connectivity index (χ3n) is 3.88. The minimum Gasteiger partial charge on any atom is -0.383 e. The summed E-state index contributed by atoms with van der Waals surface area (Å²) in [6.45, 7) is 5.41. The third-order valence-corrected chi connectivity index (χ3v) is 3.88. The molecule has 1 aromatic carbocycles. The Morgan fingerprint density at radius 3 is 2.84 bits per heavy atom. The van der Waals surface area contributed by atoms with Gasteiger partial charge in [-0.05, 0) is 12.0 Å². The van der Waals surface area contributed by atoms with E-state index in [2.05, 4.69) is 40.5 Å². The van der Waals surface area contributed by atoms with Gasteiger partial charge in [0.25, 0.3) is 0 Å². The Morgan fingerprint density at radius 2 is 2.16 bits per heavy atom. The summed E-state index contributed by atoms with van der Waals surface area (Å²) in [5, 5.41) is 3.57. The number of benzene rings is 1. The van der Waals surface area contributed by atoms with Gasteiger partial charge in [-0.15, -0.1) is 0 Å². The molecule has 0 saturated carbocycles. The average Bonchev–Trinajstić information content (AvgIpc) is 2.84. The minimum atomic E-state index is 0.0628. The Morgan fingerprint density at radius 1 is 1.37 bits per heavy atom. The lowest BCUT2D eigenvalue weighted by Crippen LogP contribution is -2.54. The summed E-state index contributed by atoms with van der Waals surface area (Å²) in [6.07, 6.45) is 1.11. The molecule has 0 bridgehead atoms. The van der Waals surface area contributed by atoms with Crippen molar-refractivity contribution in [2.45, 2.75) is 18.5 Å². The molecule has 1 aliphatic rings. The van der Waals surface area contributed by atoms with Crippen molar-refractivity contribution < 1.29 is 4.74 Å². The summed E-state index contributed by atoms with van der Waals surface area (Å²) in [6, 6.07) is 10.6. The van der Waals surface area contributed by atoms with E-state index in [0.717, 1.165) is 39.2 Å². The fourth-order valence-corrected chi connectivity index (χ4v) is 2.74. The second kappa shape index (κ2) is 7.01. The predicted molar refractivity (Wildman–Crippen MR) is 78.0 cm³/mol. The van der Waals surface area contributed by atoms with Gasteiger partial charge in [0, 0.05) is 45.4 Å². The van der Waals surface area contributed by atoms with Crippen LogP contribution in [0.4, 0.5) is 0 Å². The van der Waals surface area contributed by atoms with E-state index >= 15 is 0 Å². The summed E-state index contributed by atoms with van der Waals surface area (Å²) >= 11 is 0. The van der Waals surface area contributed by atoms with Crippen molar-refractivity contribution in [3.8, 4) is 0 Å². The Labute approximate surface area is 115 Å². The second-order valence-electron chi connectivity index (χ2n) is 5.35. The van der Waals surface area contributed by atoms with Crippen LogP contribution in [0.5, 0.6) is 0 Å². The van der Waals surface area contributed by atoms with Gasteiger partial charge in [0.05, 0.1) is 6.61 Å². The van der Waals surface area contributed by atoms with Crippen molar-refractivity contribution in [3.05, 3.63) is 35.9 Å². The van der Waals surface area contributed by atoms with Crippen LogP contribution in [-0.2, 0) is 11.3 Å². The smallest absolute Gasteiger partial charge is 0.0587 e. The van der Waals surface area contributed by atoms with Crippen molar-refractivity contribution in [1.29, 1.82) is 0 Å². The highest BCUT2D eigenvalue weighted by molar-refractivity contribution is 5.15. The Balaban J connectivity index is 1.86. The van der Waals surface area contributed by atoms with Crippen LogP contribution in [0.25, 0.3) is 0 Å². The molecule has 0 spiro atoms. The molecule has 0 aliphatic carbocycles. The van der Waals surface area contributed by atoms with Crippen LogP contribution in [0.1, 0.15) is 12.0 Å². The molecule has 2 rings (SSSR count). The maximum Gasteiger partial charge on any atom is 0.0587 e. The average molecular weight is 263 g/mol. The highest BCUT2D eigenvalue weighted by atomic mass is 16.5. The molecule has 3 N–H and O–H groups in total. The molecular formula is C15H25N3O. The number of ether oxygens (including phenoxy) is 1. The molecule has 19 heavy (non-hydrogen) atoms. The molecule has 0 radical (unpaired) electrons. The SMILES string of the molecule is COCCNC1(CN)CCN(Cc2ccccc2)C1. The van der Waals surface area contributed by atoms with Crippen LogP contribution in [0.2, 0.25) is 0 Å². The molecular weight excluding hydrogens is 238 g/mol. The number of nitrogens with one attached hydrogen (secondary N) is 1. The van der Waals surface area contributed by atoms with Crippen molar-refractivity contribution in [2.75, 3.05) is 39.9 Å². The van der Waals surface area contributed by atoms with Gasteiger partial charge in [0.2, 0.25) is 0 Å². The first kappa shape index (κ1) is 14.5. The monoisotopic (exact) mass is 263 g/mol. The third kappa shape index (κ3) is 4.01. The van der Waals surface area contributed by atoms with Gasteiger partial charge in [-0.2, -0.15) is 0 Å². The van der Waals surface area contributed by atoms with Gasteiger partial charge in [-0.3, -0.25) is 4.90 Å². The van der Waals surface area contributed by atoms with E-state index in [0.29, 0.717) is 6.54 Å². The number of likely N-dealkylation sites (tertiary alicyclic amines) is 1. The molecule has 106 valence electrons. The van der Waals surface area contributed by atoms with Gasteiger partial charge in [-0.1, -0.05) is 30.3 Å². The summed E-state index contributed by atoms with van der Waals surface area (Å²) < 4.78 is 5.10. The molecule has 1 atom stereocenters. The van der Waals surface area contributed by atoms with E-state index in [-0.39, 0.29) is 5.54 Å². The highest BCUT2D eigenvalue weighted by Gasteiger charge is 2.36. The van der Waals surface area contributed by atoms with E-state index in [1.807, 2.05) is 0 Å². The Kier molecular flexibility index (Phi) is 5.34. The van der Waals surface area contributed by atoms with E-state index in [9.17, 15) is 0 Å². The largest absolute Gasteiger partial charge is 0.383 e. The number of nitrogens with two attached hydrogens (primary N) is 1. The van der Waals surface area contributed by atoms with Gasteiger partial charge in [0.15, 0.2) is 0 Å². The number of hydrogen-bond donors (Lipinski definition) is 2. The topological polar surface area (TPSA) is 50.5 Å². The zero-order chi connectivity index (χ0) is 13.6. The van der Waals surface area contributed by atoms with Gasteiger partial charge in [0.1, 0.15) is 0 Å². The highest BCUT2D eigenvalue weighted by Crippen LogP contribution is 2.22. The number of nitrogens with zero attached hydrogens (tertiary/aromatic N) is 1. The van der Waals surface area contributed by atoms with Crippen molar-refractivity contribution in [2.24, 2.45) is 5.73 Å². The van der Waals surface area contributed by atoms with Gasteiger partial charge < -0.3 is 15.8 Å². The Hall–Kier alpha value is -0.940. The molecule has 0 amide bonds. The maximum atomic E-state index is 5.98. The predicted octanol–water partition coefficient (Wildman–Crippen LogP) is 0.826. The van der Waals surface area contributed by atoms with E-state index in [4.69, 9.17) is 10.5 Å². The van der Waals surface area contributed by atoms with Crippen molar-refractivity contribution in [3.63, 3.8) is 0 Å². The van der Waals surface area contributed by atoms with Crippen LogP contribution in [-0.4, -0.2) is 50.3 Å². The maximum absolute atomic E-state index is 5.98. The molecule has 1 aromatic rings. The molecule has 4 nitrogen and oxygen atoms in total. The normalized spacial score (nSPS) is 23.9. The van der Waals surface area contributed by atoms with E-state index in [1.165, 1.54) is 5.56 Å².